The molecule has 0 unspecified atom stereocenters. The second-order valence-electron chi connectivity index (χ2n) is 6.30. The lowest BCUT2D eigenvalue weighted by molar-refractivity contribution is -0.115. The summed E-state index contributed by atoms with van der Waals surface area (Å²) in [6.07, 6.45) is 0.248. The highest BCUT2D eigenvalue weighted by molar-refractivity contribution is 9.10. The maximum Gasteiger partial charge on any atom is 0.230 e. The van der Waals surface area contributed by atoms with E-state index in [2.05, 4.69) is 47.0 Å². The van der Waals surface area contributed by atoms with Gasteiger partial charge in [-0.2, -0.15) is 0 Å². The molecule has 0 saturated carbocycles. The van der Waals surface area contributed by atoms with Crippen LogP contribution in [0.25, 0.3) is 0 Å². The second-order valence-corrected chi connectivity index (χ2v) is 8.08. The summed E-state index contributed by atoms with van der Waals surface area (Å²) < 4.78 is 0.887. The van der Waals surface area contributed by atoms with Crippen LogP contribution in [0.5, 0.6) is 0 Å². The first-order chi connectivity index (χ1) is 10.2. The molecule has 0 atom stereocenters. The van der Waals surface area contributed by atoms with E-state index in [1.54, 1.807) is 11.3 Å². The first-order valence-electron chi connectivity index (χ1n) is 6.97. The van der Waals surface area contributed by atoms with Crippen LogP contribution in [0.3, 0.4) is 0 Å². The maximum atomic E-state index is 12.2. The lowest BCUT2D eigenvalue weighted by Crippen LogP contribution is -2.17. The first-order valence-corrected chi connectivity index (χ1v) is 8.64. The van der Waals surface area contributed by atoms with Crippen molar-refractivity contribution in [1.29, 1.82) is 0 Å². The van der Waals surface area contributed by atoms with Crippen LogP contribution in [0.2, 0.25) is 0 Å². The van der Waals surface area contributed by atoms with Crippen molar-refractivity contribution in [1.82, 2.24) is 4.98 Å². The number of hydrogen-bond donors (Lipinski definition) is 2. The zero-order valence-electron chi connectivity index (χ0n) is 14.0. The lowest BCUT2D eigenvalue weighted by atomic mass is 9.98. The van der Waals surface area contributed by atoms with Gasteiger partial charge in [0.15, 0.2) is 0 Å². The van der Waals surface area contributed by atoms with Gasteiger partial charge in [-0.15, -0.1) is 36.2 Å². The Kier molecular flexibility index (Phi) is 8.73. The number of benzene rings is 1. The summed E-state index contributed by atoms with van der Waals surface area (Å²) in [7, 11) is 0. The van der Waals surface area contributed by atoms with Gasteiger partial charge in [0, 0.05) is 15.3 Å². The monoisotopic (exact) mass is 453 g/mol. The number of nitrogen functional groups attached to an aromatic ring is 1. The third-order valence-electron chi connectivity index (χ3n) is 3.16. The number of carbonyl (C=O) groups excluding carboxylic acids is 1. The Labute approximate surface area is 167 Å². The molecular weight excluding hydrogens is 433 g/mol. The van der Waals surface area contributed by atoms with Gasteiger partial charge in [-0.25, -0.2) is 4.98 Å². The van der Waals surface area contributed by atoms with E-state index in [0.29, 0.717) is 11.4 Å². The van der Waals surface area contributed by atoms with E-state index < -0.39 is 0 Å². The molecule has 0 fully saturated rings. The number of amides is 1. The Morgan fingerprint density at radius 1 is 1.33 bits per heavy atom. The number of aryl methyl sites for hydroxylation is 1. The number of carbonyl (C=O) groups is 1. The van der Waals surface area contributed by atoms with E-state index in [9.17, 15) is 4.79 Å². The molecule has 2 aromatic rings. The van der Waals surface area contributed by atoms with Gasteiger partial charge in [0.1, 0.15) is 0 Å². The van der Waals surface area contributed by atoms with E-state index in [0.717, 1.165) is 20.7 Å². The summed E-state index contributed by atoms with van der Waals surface area (Å²) in [5, 5.41) is 5.83. The summed E-state index contributed by atoms with van der Waals surface area (Å²) in [6.45, 7) is 8.24. The van der Waals surface area contributed by atoms with Crippen molar-refractivity contribution >= 4 is 69.4 Å². The molecule has 0 aliphatic rings. The number of nitrogens with zero attached hydrogens (tertiary/aromatic N) is 1. The number of halogens is 3. The fourth-order valence-electron chi connectivity index (χ4n) is 1.95. The molecule has 3 N–H and O–H groups in total. The van der Waals surface area contributed by atoms with Crippen molar-refractivity contribution in [3.05, 3.63) is 38.3 Å². The number of anilines is 2. The minimum absolute atomic E-state index is 0. The normalized spacial score (nSPS) is 10.5. The molecule has 0 aliphatic carbocycles. The van der Waals surface area contributed by atoms with E-state index >= 15 is 0 Å². The molecule has 0 aliphatic heterocycles. The van der Waals surface area contributed by atoms with E-state index in [1.807, 2.05) is 24.4 Å². The van der Waals surface area contributed by atoms with Crippen LogP contribution >= 0.6 is 52.1 Å². The van der Waals surface area contributed by atoms with Crippen LogP contribution in [0.4, 0.5) is 11.4 Å². The van der Waals surface area contributed by atoms with Gasteiger partial charge in [0.25, 0.3) is 0 Å². The van der Waals surface area contributed by atoms with Crippen molar-refractivity contribution in [2.75, 3.05) is 11.1 Å². The SMILES string of the molecule is Cc1cc(Br)cc(NC(=O)Cc2csc(C(C)(C)C)n2)c1N.Cl.Cl. The largest absolute Gasteiger partial charge is 0.397 e. The summed E-state index contributed by atoms with van der Waals surface area (Å²) in [5.74, 6) is -0.116. The summed E-state index contributed by atoms with van der Waals surface area (Å²) >= 11 is 5.00. The molecule has 1 amide bonds. The molecule has 24 heavy (non-hydrogen) atoms. The van der Waals surface area contributed by atoms with E-state index in [4.69, 9.17) is 5.73 Å². The standard InChI is InChI=1S/C16H20BrN3OS.2ClH/c1-9-5-10(17)6-12(14(9)18)20-13(21)7-11-8-22-15(19-11)16(2,3)4;;/h5-6,8H,7,18H2,1-4H3,(H,20,21);2*1H. The molecule has 0 spiro atoms. The van der Waals surface area contributed by atoms with Gasteiger partial charge in [-0.3, -0.25) is 4.79 Å². The summed E-state index contributed by atoms with van der Waals surface area (Å²) in [4.78, 5) is 16.7. The van der Waals surface area contributed by atoms with Gasteiger partial charge in [-0.1, -0.05) is 36.7 Å². The molecule has 0 bridgehead atoms. The molecule has 1 heterocycles. The van der Waals surface area contributed by atoms with Crippen molar-refractivity contribution < 1.29 is 4.79 Å². The third kappa shape index (κ3) is 5.92. The highest BCUT2D eigenvalue weighted by Crippen LogP contribution is 2.28. The first kappa shape index (κ1) is 23.2. The minimum atomic E-state index is -0.116. The molecule has 1 aromatic heterocycles. The Hall–Kier alpha value is -0.820. The number of nitrogens with two attached hydrogens (primary N) is 1. The van der Waals surface area contributed by atoms with Crippen molar-refractivity contribution in [2.45, 2.75) is 39.5 Å². The minimum Gasteiger partial charge on any atom is -0.397 e. The van der Waals surface area contributed by atoms with Crippen LogP contribution in [0, 0.1) is 6.92 Å². The van der Waals surface area contributed by atoms with Crippen molar-refractivity contribution in [3.8, 4) is 0 Å². The lowest BCUT2D eigenvalue weighted by Gasteiger charge is -2.13. The van der Waals surface area contributed by atoms with Crippen LogP contribution in [-0.2, 0) is 16.6 Å². The average Bonchev–Trinajstić information content (AvgIpc) is 2.83. The predicted octanol–water partition coefficient (Wildman–Crippen LogP) is 5.12. The van der Waals surface area contributed by atoms with Crippen LogP contribution < -0.4 is 11.1 Å². The smallest absolute Gasteiger partial charge is 0.230 e. The third-order valence-corrected chi connectivity index (χ3v) is 4.94. The zero-order chi connectivity index (χ0) is 16.5. The summed E-state index contributed by atoms with van der Waals surface area (Å²) in [5.41, 5.74) is 8.94. The number of hydrogen-bond acceptors (Lipinski definition) is 4. The molecule has 8 heteroatoms. The van der Waals surface area contributed by atoms with E-state index in [-0.39, 0.29) is 42.6 Å². The van der Waals surface area contributed by atoms with Gasteiger partial charge in [0.05, 0.1) is 28.5 Å². The highest BCUT2D eigenvalue weighted by atomic mass is 79.9. The van der Waals surface area contributed by atoms with Crippen LogP contribution in [-0.4, -0.2) is 10.9 Å². The quantitative estimate of drug-likeness (QED) is 0.632. The second kappa shape index (κ2) is 9.04. The fraction of sp³-hybridized carbons (Fsp3) is 0.375. The summed E-state index contributed by atoms with van der Waals surface area (Å²) in [6, 6.07) is 3.73. The van der Waals surface area contributed by atoms with Crippen LogP contribution in [0.15, 0.2) is 22.0 Å². The maximum absolute atomic E-state index is 12.2. The Morgan fingerprint density at radius 2 is 1.96 bits per heavy atom. The zero-order valence-corrected chi connectivity index (χ0v) is 18.0. The molecular formula is C16H22BrCl2N3OS. The predicted molar refractivity (Wildman–Crippen MR) is 111 cm³/mol. The molecule has 0 radical (unpaired) electrons. The topological polar surface area (TPSA) is 68.0 Å². The Bertz CT molecular complexity index is 714. The number of nitrogens with one attached hydrogen (secondary N) is 1. The fourth-order valence-corrected chi connectivity index (χ4v) is 3.43. The van der Waals surface area contributed by atoms with Gasteiger partial charge in [-0.05, 0) is 24.6 Å². The number of thiazole rings is 1. The average molecular weight is 455 g/mol. The number of rotatable bonds is 3. The molecule has 134 valence electrons. The van der Waals surface area contributed by atoms with Gasteiger partial charge in [0.2, 0.25) is 5.91 Å². The van der Waals surface area contributed by atoms with Crippen LogP contribution in [0.1, 0.15) is 37.0 Å². The Morgan fingerprint density at radius 3 is 2.50 bits per heavy atom. The Balaban J connectivity index is 0.00000264. The molecule has 0 saturated heterocycles. The number of aromatic nitrogens is 1. The van der Waals surface area contributed by atoms with Gasteiger partial charge < -0.3 is 11.1 Å². The van der Waals surface area contributed by atoms with Gasteiger partial charge >= 0.3 is 0 Å². The molecule has 4 nitrogen and oxygen atoms in total. The van der Waals surface area contributed by atoms with Crippen molar-refractivity contribution in [3.63, 3.8) is 0 Å². The van der Waals surface area contributed by atoms with Crippen molar-refractivity contribution in [2.24, 2.45) is 0 Å². The molecule has 2 rings (SSSR count). The highest BCUT2D eigenvalue weighted by Gasteiger charge is 2.19. The molecule has 1 aromatic carbocycles. The van der Waals surface area contributed by atoms with E-state index in [1.165, 1.54) is 0 Å².